The molecule has 2 unspecified atom stereocenters. The van der Waals surface area contributed by atoms with E-state index in [1.807, 2.05) is 13.1 Å². The second-order valence-electron chi connectivity index (χ2n) is 4.34. The summed E-state index contributed by atoms with van der Waals surface area (Å²) in [5, 5.41) is 0. The summed E-state index contributed by atoms with van der Waals surface area (Å²) < 4.78 is 10.7. The first-order chi connectivity index (χ1) is 6.01. The van der Waals surface area contributed by atoms with Gasteiger partial charge in [-0.05, 0) is 25.6 Å². The Bertz CT molecular complexity index is 151. The van der Waals surface area contributed by atoms with E-state index in [4.69, 9.17) is 9.47 Å². The van der Waals surface area contributed by atoms with Gasteiger partial charge in [0, 0.05) is 0 Å². The van der Waals surface area contributed by atoms with Crippen LogP contribution in [-0.4, -0.2) is 38.5 Å². The monoisotopic (exact) mass is 204 g/mol. The zero-order valence-electron chi connectivity index (χ0n) is 8.75. The highest BCUT2D eigenvalue weighted by Gasteiger charge is 2.27. The van der Waals surface area contributed by atoms with E-state index in [0.717, 1.165) is 19.1 Å². The molecule has 0 aromatic heterocycles. The minimum Gasteiger partial charge on any atom is -0.432 e. The number of hydrogen-bond donors (Lipinski definition) is 1. The third kappa shape index (κ3) is 5.41. The molecule has 0 amide bonds. The molecule has 0 spiro atoms. The number of rotatable bonds is 6. The van der Waals surface area contributed by atoms with E-state index >= 15 is 0 Å². The molecule has 0 aromatic rings. The Morgan fingerprint density at radius 3 is 2.62 bits per heavy atom. The fourth-order valence-corrected chi connectivity index (χ4v) is 2.81. The summed E-state index contributed by atoms with van der Waals surface area (Å²) >= 11 is 0. The third-order valence-electron chi connectivity index (χ3n) is 2.10. The summed E-state index contributed by atoms with van der Waals surface area (Å²) in [4.78, 5) is 9.73. The molecule has 1 saturated heterocycles. The predicted octanol–water partition coefficient (Wildman–Crippen LogP) is 1.38. The molecular weight excluding hydrogens is 184 g/mol. The van der Waals surface area contributed by atoms with Crippen molar-refractivity contribution in [1.29, 1.82) is 0 Å². The second-order valence-corrected chi connectivity index (χ2v) is 8.37. The van der Waals surface area contributed by atoms with Gasteiger partial charge in [-0.25, -0.2) is 0 Å². The maximum atomic E-state index is 9.73. The molecule has 1 heterocycles. The van der Waals surface area contributed by atoms with Gasteiger partial charge in [0.1, 0.15) is 6.10 Å². The molecule has 1 fully saturated rings. The van der Waals surface area contributed by atoms with Gasteiger partial charge in [0.25, 0.3) is 0 Å². The minimum atomic E-state index is -1.96. The zero-order valence-corrected chi connectivity index (χ0v) is 9.75. The molecule has 3 nitrogen and oxygen atoms in total. The Labute approximate surface area is 81.2 Å². The quantitative estimate of drug-likeness (QED) is 0.525. The van der Waals surface area contributed by atoms with Crippen LogP contribution in [0.25, 0.3) is 0 Å². The van der Waals surface area contributed by atoms with Crippen LogP contribution in [0.3, 0.4) is 0 Å². The van der Waals surface area contributed by atoms with Crippen LogP contribution in [0.2, 0.25) is 19.1 Å². The fourth-order valence-electron chi connectivity index (χ4n) is 1.29. The standard InChI is InChI=1S/C9H20O3Si/c1-4-8(7-13(2,3)10)11-5-9-6-12-9/h8-10H,4-7H2,1-3H3. The molecule has 4 heteroatoms. The first-order valence-electron chi connectivity index (χ1n) is 4.97. The van der Waals surface area contributed by atoms with E-state index in [1.54, 1.807) is 0 Å². The zero-order chi connectivity index (χ0) is 9.90. The average molecular weight is 204 g/mol. The number of hydrogen-bond acceptors (Lipinski definition) is 3. The topological polar surface area (TPSA) is 42.0 Å². The van der Waals surface area contributed by atoms with Gasteiger partial charge >= 0.3 is 0 Å². The van der Waals surface area contributed by atoms with Crippen LogP contribution in [-0.2, 0) is 9.47 Å². The summed E-state index contributed by atoms with van der Waals surface area (Å²) in [6, 6.07) is 0.830. The molecule has 0 aromatic carbocycles. The van der Waals surface area contributed by atoms with E-state index < -0.39 is 8.32 Å². The normalized spacial score (nSPS) is 24.5. The SMILES string of the molecule is CCC(C[Si](C)(C)O)OCC1CO1. The van der Waals surface area contributed by atoms with E-state index in [-0.39, 0.29) is 6.10 Å². The van der Waals surface area contributed by atoms with Crippen molar-refractivity contribution in [1.82, 2.24) is 0 Å². The van der Waals surface area contributed by atoms with E-state index in [1.165, 1.54) is 0 Å². The Morgan fingerprint density at radius 2 is 2.23 bits per heavy atom. The Balaban J connectivity index is 2.16. The summed E-state index contributed by atoms with van der Waals surface area (Å²) in [5.41, 5.74) is 0. The van der Waals surface area contributed by atoms with Gasteiger partial charge in [-0.3, -0.25) is 0 Å². The van der Waals surface area contributed by atoms with E-state index in [0.29, 0.717) is 12.7 Å². The Morgan fingerprint density at radius 1 is 1.62 bits per heavy atom. The maximum Gasteiger partial charge on any atom is 0.185 e. The molecule has 1 aliphatic heterocycles. The Kier molecular flexibility index (Phi) is 3.91. The van der Waals surface area contributed by atoms with Gasteiger partial charge in [-0.15, -0.1) is 0 Å². The molecule has 0 saturated carbocycles. The lowest BCUT2D eigenvalue weighted by Gasteiger charge is -2.22. The fraction of sp³-hybridized carbons (Fsp3) is 1.00. The highest BCUT2D eigenvalue weighted by Crippen LogP contribution is 2.17. The van der Waals surface area contributed by atoms with E-state index in [2.05, 4.69) is 6.92 Å². The predicted molar refractivity (Wildman–Crippen MR) is 54.3 cm³/mol. The highest BCUT2D eigenvalue weighted by molar-refractivity contribution is 6.69. The van der Waals surface area contributed by atoms with Crippen molar-refractivity contribution in [2.75, 3.05) is 13.2 Å². The van der Waals surface area contributed by atoms with Crippen molar-refractivity contribution >= 4 is 8.32 Å². The average Bonchev–Trinajstić information content (AvgIpc) is 2.78. The molecule has 2 atom stereocenters. The van der Waals surface area contributed by atoms with Crippen molar-refractivity contribution in [2.45, 2.75) is 44.7 Å². The summed E-state index contributed by atoms with van der Waals surface area (Å²) in [7, 11) is -1.96. The molecule has 78 valence electrons. The Hall–Kier alpha value is 0.0969. The van der Waals surface area contributed by atoms with Gasteiger partial charge < -0.3 is 14.3 Å². The molecule has 13 heavy (non-hydrogen) atoms. The highest BCUT2D eigenvalue weighted by atomic mass is 28.4. The van der Waals surface area contributed by atoms with E-state index in [9.17, 15) is 4.80 Å². The number of epoxide rings is 1. The first kappa shape index (κ1) is 11.2. The van der Waals surface area contributed by atoms with Crippen LogP contribution < -0.4 is 0 Å². The van der Waals surface area contributed by atoms with Gasteiger partial charge in [0.15, 0.2) is 8.32 Å². The molecule has 1 N–H and O–H groups in total. The van der Waals surface area contributed by atoms with Crippen LogP contribution in [0, 0.1) is 0 Å². The van der Waals surface area contributed by atoms with Gasteiger partial charge in [-0.1, -0.05) is 6.92 Å². The molecule has 1 rings (SSSR count). The molecule has 0 bridgehead atoms. The lowest BCUT2D eigenvalue weighted by Crippen LogP contribution is -2.32. The first-order valence-corrected chi connectivity index (χ1v) is 8.12. The smallest absolute Gasteiger partial charge is 0.185 e. The lowest BCUT2D eigenvalue weighted by molar-refractivity contribution is 0.0499. The maximum absolute atomic E-state index is 9.73. The van der Waals surface area contributed by atoms with Gasteiger partial charge in [-0.2, -0.15) is 0 Å². The summed E-state index contributed by atoms with van der Waals surface area (Å²) in [6.07, 6.45) is 1.53. The summed E-state index contributed by atoms with van der Waals surface area (Å²) in [6.45, 7) is 7.54. The van der Waals surface area contributed by atoms with Crippen LogP contribution >= 0.6 is 0 Å². The van der Waals surface area contributed by atoms with Crippen molar-refractivity contribution in [3.05, 3.63) is 0 Å². The molecule has 1 aliphatic rings. The van der Waals surface area contributed by atoms with Gasteiger partial charge in [0.2, 0.25) is 0 Å². The lowest BCUT2D eigenvalue weighted by atomic mass is 10.3. The minimum absolute atomic E-state index is 0.218. The molecule has 0 radical (unpaired) electrons. The largest absolute Gasteiger partial charge is 0.432 e. The van der Waals surface area contributed by atoms with Crippen LogP contribution in [0.4, 0.5) is 0 Å². The summed E-state index contributed by atoms with van der Waals surface area (Å²) in [5.74, 6) is 0. The van der Waals surface area contributed by atoms with Crippen LogP contribution in [0.15, 0.2) is 0 Å². The van der Waals surface area contributed by atoms with Crippen LogP contribution in [0.5, 0.6) is 0 Å². The molecule has 0 aliphatic carbocycles. The second kappa shape index (κ2) is 4.55. The van der Waals surface area contributed by atoms with Crippen molar-refractivity contribution in [2.24, 2.45) is 0 Å². The van der Waals surface area contributed by atoms with Crippen molar-refractivity contribution in [3.63, 3.8) is 0 Å². The third-order valence-corrected chi connectivity index (χ3v) is 3.56. The van der Waals surface area contributed by atoms with Crippen molar-refractivity contribution < 1.29 is 14.3 Å². The van der Waals surface area contributed by atoms with Crippen LogP contribution in [0.1, 0.15) is 13.3 Å². The number of ether oxygens (including phenoxy) is 2. The van der Waals surface area contributed by atoms with Crippen molar-refractivity contribution in [3.8, 4) is 0 Å². The molecular formula is C9H20O3Si. The van der Waals surface area contributed by atoms with Gasteiger partial charge in [0.05, 0.1) is 19.3 Å².